The second-order valence-electron chi connectivity index (χ2n) is 7.22. The normalized spacial score (nSPS) is 21.6. The van der Waals surface area contributed by atoms with E-state index in [1.165, 1.54) is 17.4 Å². The summed E-state index contributed by atoms with van der Waals surface area (Å²) in [5, 5.41) is 19.8. The molecule has 28 heavy (non-hydrogen) atoms. The highest BCUT2D eigenvalue weighted by Gasteiger charge is 2.46. The first-order chi connectivity index (χ1) is 13.3. The maximum atomic E-state index is 15.5. The highest BCUT2D eigenvalue weighted by atomic mass is 32.1. The Kier molecular flexibility index (Phi) is 5.65. The second kappa shape index (κ2) is 7.83. The van der Waals surface area contributed by atoms with Gasteiger partial charge in [0.1, 0.15) is 21.9 Å². The van der Waals surface area contributed by atoms with Crippen molar-refractivity contribution in [2.75, 3.05) is 0 Å². The molecular weight excluding hydrogens is 377 g/mol. The fraction of sp³-hybridized carbons (Fsp3) is 0.381. The van der Waals surface area contributed by atoms with Crippen LogP contribution in [0, 0.1) is 13.8 Å². The Morgan fingerprint density at radius 2 is 2.00 bits per heavy atom. The van der Waals surface area contributed by atoms with Crippen molar-refractivity contribution in [3.63, 3.8) is 0 Å². The molecule has 1 heterocycles. The fourth-order valence-electron chi connectivity index (χ4n) is 3.55. The minimum absolute atomic E-state index is 0.0355. The van der Waals surface area contributed by atoms with E-state index in [2.05, 4.69) is 10.2 Å². The summed E-state index contributed by atoms with van der Waals surface area (Å²) in [5.41, 5.74) is 6.61. The summed E-state index contributed by atoms with van der Waals surface area (Å²) in [7, 11) is 0. The van der Waals surface area contributed by atoms with Gasteiger partial charge in [-0.1, -0.05) is 49.3 Å². The third-order valence-corrected chi connectivity index (χ3v) is 6.35. The predicted molar refractivity (Wildman–Crippen MR) is 109 cm³/mol. The molecule has 0 bridgehead atoms. The number of phenolic OH excluding ortho intramolecular Hbond substituents is 1. The highest BCUT2D eigenvalue weighted by Crippen LogP contribution is 2.44. The van der Waals surface area contributed by atoms with E-state index in [4.69, 9.17) is 5.73 Å². The van der Waals surface area contributed by atoms with Gasteiger partial charge in [-0.3, -0.25) is 4.79 Å². The van der Waals surface area contributed by atoms with Crippen molar-refractivity contribution in [1.29, 1.82) is 0 Å². The Morgan fingerprint density at radius 3 is 2.61 bits per heavy atom. The molecule has 2 aromatic rings. The molecular formula is C21H24FN3O2S. The Bertz CT molecular complexity index is 943. The van der Waals surface area contributed by atoms with E-state index < -0.39 is 17.5 Å². The van der Waals surface area contributed by atoms with Crippen molar-refractivity contribution in [3.05, 3.63) is 52.1 Å². The number of rotatable bonds is 6. The minimum Gasteiger partial charge on any atom is -0.507 e. The number of aromatic hydroxyl groups is 1. The average molecular weight is 402 g/mol. The molecule has 3 rings (SSSR count). The van der Waals surface area contributed by atoms with Crippen molar-refractivity contribution in [3.8, 4) is 16.3 Å². The molecule has 0 radical (unpaired) electrons. The number of benzene rings is 1. The number of halogens is 1. The van der Waals surface area contributed by atoms with Crippen molar-refractivity contribution in [1.82, 2.24) is 10.2 Å². The van der Waals surface area contributed by atoms with Crippen LogP contribution in [0.25, 0.3) is 10.6 Å². The number of unbranched alkanes of at least 4 members (excludes halogenated alkanes) is 1. The summed E-state index contributed by atoms with van der Waals surface area (Å²) in [6.45, 7) is 5.68. The lowest BCUT2D eigenvalue weighted by molar-refractivity contribution is -0.115. The third kappa shape index (κ3) is 3.46. The third-order valence-electron chi connectivity index (χ3n) is 5.18. The maximum Gasteiger partial charge on any atom is 0.247 e. The molecule has 1 aromatic heterocycles. The van der Waals surface area contributed by atoms with Crippen LogP contribution in [0.15, 0.2) is 35.9 Å². The number of nitrogens with two attached hydrogens (primary N) is 1. The number of primary amides is 1. The molecule has 2 unspecified atom stereocenters. The zero-order valence-electron chi connectivity index (χ0n) is 16.2. The molecule has 7 heteroatoms. The van der Waals surface area contributed by atoms with Gasteiger partial charge < -0.3 is 10.8 Å². The van der Waals surface area contributed by atoms with Crippen LogP contribution < -0.4 is 5.73 Å². The van der Waals surface area contributed by atoms with Crippen LogP contribution in [0.1, 0.15) is 42.3 Å². The van der Waals surface area contributed by atoms with Crippen LogP contribution in [0.2, 0.25) is 0 Å². The van der Waals surface area contributed by atoms with Crippen LogP contribution in [0.3, 0.4) is 0 Å². The van der Waals surface area contributed by atoms with E-state index in [1.54, 1.807) is 12.2 Å². The summed E-state index contributed by atoms with van der Waals surface area (Å²) in [6, 6.07) is 3.67. The van der Waals surface area contributed by atoms with Gasteiger partial charge in [-0.25, -0.2) is 4.39 Å². The van der Waals surface area contributed by atoms with Gasteiger partial charge in [0.2, 0.25) is 5.91 Å². The van der Waals surface area contributed by atoms with Gasteiger partial charge >= 0.3 is 0 Å². The quantitative estimate of drug-likeness (QED) is 0.756. The molecule has 1 aliphatic carbocycles. The topological polar surface area (TPSA) is 89.1 Å². The number of allylic oxidation sites excluding steroid dienone is 3. The molecule has 1 aliphatic rings. The molecule has 0 spiro atoms. The summed E-state index contributed by atoms with van der Waals surface area (Å²) in [4.78, 5) is 11.7. The number of alkyl halides is 1. The van der Waals surface area contributed by atoms with Gasteiger partial charge in [-0.05, 0) is 43.5 Å². The van der Waals surface area contributed by atoms with E-state index >= 15 is 4.39 Å². The van der Waals surface area contributed by atoms with Gasteiger partial charge in [-0.15, -0.1) is 10.2 Å². The Hall–Kier alpha value is -2.54. The molecule has 0 saturated carbocycles. The first-order valence-corrected chi connectivity index (χ1v) is 10.1. The number of nitrogens with zero attached hydrogens (tertiary/aromatic N) is 2. The Labute approximate surface area is 167 Å². The number of aryl methyl sites for hydroxylation is 2. The number of aromatic nitrogens is 2. The van der Waals surface area contributed by atoms with Gasteiger partial charge in [0.15, 0.2) is 0 Å². The van der Waals surface area contributed by atoms with E-state index in [0.717, 1.165) is 29.5 Å². The first kappa shape index (κ1) is 20.2. The van der Waals surface area contributed by atoms with Crippen molar-refractivity contribution >= 4 is 17.2 Å². The minimum atomic E-state index is -1.56. The smallest absolute Gasteiger partial charge is 0.247 e. The van der Waals surface area contributed by atoms with Gasteiger partial charge in [0.25, 0.3) is 0 Å². The molecule has 1 aromatic carbocycles. The number of hydrogen-bond donors (Lipinski definition) is 2. The number of carbonyl (C=O) groups excluding carboxylic acids is 1. The molecule has 0 fully saturated rings. The SMILES string of the molecule is CCCCC1(c2nnc(-c3cc(C)c(O)c(C)c3)s2)C=CC=C(C(N)=O)C1F. The standard InChI is InChI=1S/C21H24FN3O2S/c1-4-5-8-21(9-6-7-15(17(21)22)18(23)27)20-25-24-19(28-20)14-10-12(2)16(26)13(3)11-14/h6-7,9-11,17,26H,4-5,8H2,1-3H3,(H2,23,27). The zero-order chi connectivity index (χ0) is 20.5. The highest BCUT2D eigenvalue weighted by molar-refractivity contribution is 7.14. The van der Waals surface area contributed by atoms with Gasteiger partial charge in [-0.2, -0.15) is 0 Å². The van der Waals surface area contributed by atoms with Crippen LogP contribution in [0.4, 0.5) is 4.39 Å². The monoisotopic (exact) mass is 401 g/mol. The van der Waals surface area contributed by atoms with Crippen LogP contribution in [-0.2, 0) is 10.2 Å². The summed E-state index contributed by atoms with van der Waals surface area (Å²) >= 11 is 1.31. The summed E-state index contributed by atoms with van der Waals surface area (Å²) in [6.07, 6.45) is 5.51. The number of amides is 1. The summed E-state index contributed by atoms with van der Waals surface area (Å²) < 4.78 is 15.5. The Balaban J connectivity index is 2.06. The van der Waals surface area contributed by atoms with Crippen molar-refractivity contribution in [2.24, 2.45) is 5.73 Å². The fourth-order valence-corrected chi connectivity index (χ4v) is 4.60. The molecule has 148 valence electrons. The predicted octanol–water partition coefficient (Wildman–Crippen LogP) is 4.28. The largest absolute Gasteiger partial charge is 0.507 e. The molecule has 0 aliphatic heterocycles. The second-order valence-corrected chi connectivity index (χ2v) is 8.20. The van der Waals surface area contributed by atoms with E-state index in [9.17, 15) is 9.90 Å². The number of phenols is 1. The summed E-state index contributed by atoms with van der Waals surface area (Å²) in [5.74, 6) is -0.504. The first-order valence-electron chi connectivity index (χ1n) is 9.28. The molecule has 2 atom stereocenters. The maximum absolute atomic E-state index is 15.5. The van der Waals surface area contributed by atoms with E-state index in [0.29, 0.717) is 16.4 Å². The molecule has 5 nitrogen and oxygen atoms in total. The van der Waals surface area contributed by atoms with Crippen molar-refractivity contribution < 1.29 is 14.3 Å². The molecule has 1 amide bonds. The Morgan fingerprint density at radius 1 is 1.32 bits per heavy atom. The van der Waals surface area contributed by atoms with Gasteiger partial charge in [0, 0.05) is 5.56 Å². The number of hydrogen-bond acceptors (Lipinski definition) is 5. The molecule has 0 saturated heterocycles. The van der Waals surface area contributed by atoms with Crippen LogP contribution in [-0.4, -0.2) is 27.4 Å². The number of carbonyl (C=O) groups is 1. The van der Waals surface area contributed by atoms with Crippen molar-refractivity contribution in [2.45, 2.75) is 51.6 Å². The van der Waals surface area contributed by atoms with E-state index in [1.807, 2.05) is 32.9 Å². The van der Waals surface area contributed by atoms with E-state index in [-0.39, 0.29) is 11.3 Å². The average Bonchev–Trinajstić information content (AvgIpc) is 3.15. The lowest BCUT2D eigenvalue weighted by atomic mass is 9.73. The lowest BCUT2D eigenvalue weighted by Crippen LogP contribution is -2.41. The zero-order valence-corrected chi connectivity index (χ0v) is 17.0. The van der Waals surface area contributed by atoms with Crippen LogP contribution >= 0.6 is 11.3 Å². The lowest BCUT2D eigenvalue weighted by Gasteiger charge is -2.34. The molecule has 3 N–H and O–H groups in total. The van der Waals surface area contributed by atoms with Crippen LogP contribution in [0.5, 0.6) is 5.75 Å². The van der Waals surface area contributed by atoms with Gasteiger partial charge in [0.05, 0.1) is 11.0 Å².